The maximum absolute atomic E-state index is 12.9. The Morgan fingerprint density at radius 2 is 2.14 bits per heavy atom. The molecular weight excluding hydrogens is 374 g/mol. The minimum Gasteiger partial charge on any atom is -0.452 e. The normalized spacial score (nSPS) is 39.4. The van der Waals surface area contributed by atoms with Crippen LogP contribution in [0.2, 0.25) is 0 Å². The van der Waals surface area contributed by atoms with Crippen molar-refractivity contribution in [2.24, 2.45) is 0 Å². The Bertz CT molecular complexity index is 748. The molecule has 3 N–H and O–H groups in total. The Labute approximate surface area is 171 Å². The first kappa shape index (κ1) is 20.6. The molecule has 3 aliphatic heterocycles. The van der Waals surface area contributed by atoms with E-state index in [1.165, 1.54) is 0 Å². The Kier molecular flexibility index (Phi) is 5.36. The van der Waals surface area contributed by atoms with Gasteiger partial charge in [-0.2, -0.15) is 0 Å². The smallest absolute Gasteiger partial charge is 0.340 e. The summed E-state index contributed by atoms with van der Waals surface area (Å²) >= 11 is 0. The molecular formula is C22H31NO6. The summed E-state index contributed by atoms with van der Waals surface area (Å²) < 4.78 is 17.8. The summed E-state index contributed by atoms with van der Waals surface area (Å²) in [7, 11) is 0. The van der Waals surface area contributed by atoms with E-state index in [4.69, 9.17) is 14.2 Å². The number of hydrogen-bond acceptors (Lipinski definition) is 7. The number of ether oxygens (including phenoxy) is 3. The lowest BCUT2D eigenvalue weighted by Gasteiger charge is -2.61. The zero-order chi connectivity index (χ0) is 20.8. The number of aliphatic hydroxyl groups is 2. The SMILES string of the molecule is CC(O)CC[C@@H](C)OC1O[C@@H](C)C2(OC(=O)C3=CNC4CC=CC=C34)CC1(O)C2. The average molecular weight is 405 g/mol. The van der Waals surface area contributed by atoms with E-state index in [1.807, 2.05) is 26.0 Å². The van der Waals surface area contributed by atoms with Crippen molar-refractivity contribution >= 4 is 5.97 Å². The van der Waals surface area contributed by atoms with E-state index in [-0.39, 0.29) is 30.3 Å². The van der Waals surface area contributed by atoms with Gasteiger partial charge >= 0.3 is 5.97 Å². The van der Waals surface area contributed by atoms with Crippen LogP contribution in [-0.2, 0) is 19.0 Å². The minimum absolute atomic E-state index is 0.124. The standard InChI is InChI=1S/C22H31NO6/c1-13(24)8-9-14(2)27-20-21(26)11-22(12-21,15(3)28-20)29-19(25)17-10-23-18-7-5-4-6-16(17)18/h4-6,10,13-15,18,20,23-24,26H,7-9,11-12H2,1-3H3/t13?,14-,15+,18?,20?,21?,22?/m1/s1. The third kappa shape index (κ3) is 3.77. The van der Waals surface area contributed by atoms with Crippen LogP contribution in [0.1, 0.15) is 52.9 Å². The molecule has 0 radical (unpaired) electrons. The van der Waals surface area contributed by atoms with Crippen LogP contribution in [0.5, 0.6) is 0 Å². The van der Waals surface area contributed by atoms with Crippen molar-refractivity contribution in [2.45, 2.75) is 94.7 Å². The van der Waals surface area contributed by atoms with Gasteiger partial charge in [0.05, 0.1) is 29.9 Å². The fraction of sp³-hybridized carbons (Fsp3) is 0.682. The van der Waals surface area contributed by atoms with Gasteiger partial charge in [0.1, 0.15) is 11.2 Å². The van der Waals surface area contributed by atoms with Gasteiger partial charge in [-0.3, -0.25) is 0 Å². The van der Waals surface area contributed by atoms with Crippen molar-refractivity contribution < 1.29 is 29.2 Å². The molecule has 29 heavy (non-hydrogen) atoms. The molecule has 2 aliphatic carbocycles. The molecule has 3 fully saturated rings. The maximum Gasteiger partial charge on any atom is 0.340 e. The van der Waals surface area contributed by atoms with Gasteiger partial charge in [0.25, 0.3) is 0 Å². The Hall–Kier alpha value is -1.67. The first-order valence-electron chi connectivity index (χ1n) is 10.5. The van der Waals surface area contributed by atoms with Gasteiger partial charge < -0.3 is 29.7 Å². The monoisotopic (exact) mass is 405 g/mol. The number of allylic oxidation sites excluding steroid dienone is 2. The number of esters is 1. The molecule has 5 aliphatic rings. The fourth-order valence-corrected chi connectivity index (χ4v) is 4.69. The van der Waals surface area contributed by atoms with Crippen molar-refractivity contribution in [3.05, 3.63) is 35.6 Å². The van der Waals surface area contributed by atoms with Crippen LogP contribution in [0, 0.1) is 0 Å². The zero-order valence-electron chi connectivity index (χ0n) is 17.3. The van der Waals surface area contributed by atoms with Gasteiger partial charge in [-0.1, -0.05) is 18.2 Å². The lowest BCUT2D eigenvalue weighted by molar-refractivity contribution is -0.392. The Morgan fingerprint density at radius 3 is 2.86 bits per heavy atom. The Morgan fingerprint density at radius 1 is 1.38 bits per heavy atom. The molecule has 160 valence electrons. The number of carbonyl (C=O) groups excluding carboxylic acids is 1. The molecule has 5 atom stereocenters. The minimum atomic E-state index is -1.16. The molecule has 0 aromatic rings. The lowest BCUT2D eigenvalue weighted by Crippen LogP contribution is -2.75. The number of hydrogen-bond donors (Lipinski definition) is 3. The first-order valence-corrected chi connectivity index (χ1v) is 10.5. The molecule has 2 saturated heterocycles. The second-order valence-corrected chi connectivity index (χ2v) is 8.96. The molecule has 5 rings (SSSR count). The topological polar surface area (TPSA) is 97.3 Å². The van der Waals surface area contributed by atoms with E-state index in [0.29, 0.717) is 31.3 Å². The van der Waals surface area contributed by atoms with Crippen LogP contribution in [0.4, 0.5) is 0 Å². The van der Waals surface area contributed by atoms with E-state index in [0.717, 1.165) is 12.0 Å². The summed E-state index contributed by atoms with van der Waals surface area (Å²) in [6.07, 6.45) is 8.72. The van der Waals surface area contributed by atoms with Crippen LogP contribution in [0.3, 0.4) is 0 Å². The predicted molar refractivity (Wildman–Crippen MR) is 106 cm³/mol. The highest BCUT2D eigenvalue weighted by molar-refractivity contribution is 5.95. The number of aliphatic hydroxyl groups excluding tert-OH is 1. The van der Waals surface area contributed by atoms with E-state index in [2.05, 4.69) is 11.4 Å². The van der Waals surface area contributed by atoms with E-state index in [1.54, 1.807) is 13.1 Å². The van der Waals surface area contributed by atoms with Crippen molar-refractivity contribution in [1.29, 1.82) is 0 Å². The van der Waals surface area contributed by atoms with Gasteiger partial charge in [-0.05, 0) is 45.6 Å². The van der Waals surface area contributed by atoms with E-state index in [9.17, 15) is 15.0 Å². The quantitative estimate of drug-likeness (QED) is 0.556. The molecule has 3 heterocycles. The van der Waals surface area contributed by atoms with Crippen LogP contribution in [-0.4, -0.2) is 58.0 Å². The number of fused-ring (bicyclic) bond motifs is 3. The van der Waals surface area contributed by atoms with Crippen molar-refractivity contribution in [2.75, 3.05) is 0 Å². The molecule has 7 nitrogen and oxygen atoms in total. The summed E-state index contributed by atoms with van der Waals surface area (Å²) in [6, 6.07) is 0.124. The summed E-state index contributed by atoms with van der Waals surface area (Å²) in [5, 5.41) is 23.6. The summed E-state index contributed by atoms with van der Waals surface area (Å²) in [5.74, 6) is -0.385. The van der Waals surface area contributed by atoms with Crippen molar-refractivity contribution in [3.8, 4) is 0 Å². The van der Waals surface area contributed by atoms with Gasteiger partial charge in [0, 0.05) is 19.0 Å². The molecule has 3 unspecified atom stereocenters. The highest BCUT2D eigenvalue weighted by atomic mass is 16.7. The second kappa shape index (κ2) is 7.54. The summed E-state index contributed by atoms with van der Waals surface area (Å²) in [6.45, 7) is 5.50. The van der Waals surface area contributed by atoms with Crippen LogP contribution >= 0.6 is 0 Å². The molecule has 1 saturated carbocycles. The lowest BCUT2D eigenvalue weighted by atomic mass is 9.62. The maximum atomic E-state index is 12.9. The van der Waals surface area contributed by atoms with E-state index < -0.39 is 17.5 Å². The average Bonchev–Trinajstić information content (AvgIpc) is 3.07. The predicted octanol–water partition coefficient (Wildman–Crippen LogP) is 1.85. The van der Waals surface area contributed by atoms with Gasteiger partial charge in [-0.15, -0.1) is 0 Å². The molecule has 7 heteroatoms. The zero-order valence-corrected chi connectivity index (χ0v) is 17.3. The largest absolute Gasteiger partial charge is 0.452 e. The highest BCUT2D eigenvalue weighted by Gasteiger charge is 2.69. The van der Waals surface area contributed by atoms with Crippen LogP contribution in [0.15, 0.2) is 35.6 Å². The van der Waals surface area contributed by atoms with Crippen LogP contribution in [0.25, 0.3) is 0 Å². The van der Waals surface area contributed by atoms with Crippen molar-refractivity contribution in [1.82, 2.24) is 5.32 Å². The molecule has 0 spiro atoms. The highest BCUT2D eigenvalue weighted by Crippen LogP contribution is 2.55. The van der Waals surface area contributed by atoms with Gasteiger partial charge in [0.15, 0.2) is 6.29 Å². The van der Waals surface area contributed by atoms with E-state index >= 15 is 0 Å². The molecule has 0 aromatic heterocycles. The number of rotatable bonds is 7. The molecule has 0 aromatic carbocycles. The third-order valence-corrected chi connectivity index (χ3v) is 6.48. The molecule has 2 bridgehead atoms. The second-order valence-electron chi connectivity index (χ2n) is 8.96. The first-order chi connectivity index (χ1) is 13.7. The van der Waals surface area contributed by atoms with Gasteiger partial charge in [0.2, 0.25) is 0 Å². The van der Waals surface area contributed by atoms with Gasteiger partial charge in [-0.25, -0.2) is 4.79 Å². The summed E-state index contributed by atoms with van der Waals surface area (Å²) in [4.78, 5) is 12.9. The summed E-state index contributed by atoms with van der Waals surface area (Å²) in [5.41, 5.74) is -0.509. The third-order valence-electron chi connectivity index (χ3n) is 6.48. The fourth-order valence-electron chi connectivity index (χ4n) is 4.69. The number of carbonyl (C=O) groups is 1. The molecule has 0 amide bonds. The number of nitrogens with one attached hydrogen (secondary N) is 1. The van der Waals surface area contributed by atoms with Crippen LogP contribution < -0.4 is 5.32 Å². The van der Waals surface area contributed by atoms with Crippen molar-refractivity contribution in [3.63, 3.8) is 0 Å². The Balaban J connectivity index is 1.37.